The molecule has 0 N–H and O–H groups in total. The first-order valence-corrected chi connectivity index (χ1v) is 15.3. The van der Waals surface area contributed by atoms with Gasteiger partial charge in [0.25, 0.3) is 0 Å². The van der Waals surface area contributed by atoms with Crippen LogP contribution in [0.3, 0.4) is 0 Å². The lowest BCUT2D eigenvalue weighted by molar-refractivity contribution is -0.934. The van der Waals surface area contributed by atoms with Gasteiger partial charge >= 0.3 is 0 Å². The molecule has 2 heteroatoms. The second kappa shape index (κ2) is 15.8. The minimum Gasteiger partial charge on any atom is -0.324 e. The second-order valence-electron chi connectivity index (χ2n) is 12.1. The topological polar surface area (TPSA) is 0 Å². The maximum Gasteiger partial charge on any atom is 0.0789 e. The van der Waals surface area contributed by atoms with Crippen molar-refractivity contribution in [3.63, 3.8) is 0 Å². The summed E-state index contributed by atoms with van der Waals surface area (Å²) in [7, 11) is 0. The van der Waals surface area contributed by atoms with E-state index >= 15 is 0 Å². The van der Waals surface area contributed by atoms with Crippen molar-refractivity contribution in [2.45, 2.75) is 130 Å². The number of nitrogens with zero attached hydrogens (tertiary/aromatic N) is 2. The van der Waals surface area contributed by atoms with Crippen LogP contribution in [-0.4, -0.2) is 61.3 Å². The van der Waals surface area contributed by atoms with Gasteiger partial charge in [0.1, 0.15) is 0 Å². The molecule has 0 aliphatic carbocycles. The zero-order valence-electron chi connectivity index (χ0n) is 23.0. The van der Waals surface area contributed by atoms with Crippen molar-refractivity contribution in [1.82, 2.24) is 0 Å². The fourth-order valence-electron chi connectivity index (χ4n) is 6.87. The van der Waals surface area contributed by atoms with Crippen molar-refractivity contribution in [1.29, 1.82) is 0 Å². The molecule has 0 aromatic rings. The van der Waals surface area contributed by atoms with E-state index in [1.165, 1.54) is 164 Å². The highest BCUT2D eigenvalue weighted by Gasteiger charge is 2.34. The van der Waals surface area contributed by atoms with Gasteiger partial charge in [-0.3, -0.25) is 0 Å². The van der Waals surface area contributed by atoms with Crippen LogP contribution in [0.2, 0.25) is 0 Å². The fourth-order valence-corrected chi connectivity index (χ4v) is 6.87. The fraction of sp³-hybridized carbons (Fsp3) is 1.00. The first-order chi connectivity index (χ1) is 15.6. The highest BCUT2D eigenvalue weighted by molar-refractivity contribution is 4.69. The Labute approximate surface area is 203 Å². The van der Waals surface area contributed by atoms with Crippen molar-refractivity contribution in [3.05, 3.63) is 0 Å². The van der Waals surface area contributed by atoms with Crippen LogP contribution in [-0.2, 0) is 0 Å². The Morgan fingerprint density at radius 2 is 0.719 bits per heavy atom. The molecule has 0 unspecified atom stereocenters. The van der Waals surface area contributed by atoms with E-state index in [0.29, 0.717) is 0 Å². The third-order valence-corrected chi connectivity index (χ3v) is 9.47. The maximum absolute atomic E-state index is 2.37. The van der Waals surface area contributed by atoms with Crippen LogP contribution in [0.15, 0.2) is 0 Å². The standard InChI is InChI=1S/C30H62N2/c1-5-9-21-31(22-10-6-2)25-17-29(18-26-31)15-13-14-16-30-19-27-32(28-20-30,23-11-7-3)24-12-8-4/h29-30H,5-28H2,1-4H3/q+2. The molecule has 0 amide bonds. The molecule has 0 aromatic carbocycles. The van der Waals surface area contributed by atoms with Gasteiger partial charge in [0.15, 0.2) is 0 Å². The Hall–Kier alpha value is -0.0800. The van der Waals surface area contributed by atoms with Gasteiger partial charge in [0, 0.05) is 0 Å². The van der Waals surface area contributed by atoms with Crippen LogP contribution in [0, 0.1) is 11.8 Å². The highest BCUT2D eigenvalue weighted by Crippen LogP contribution is 2.31. The highest BCUT2D eigenvalue weighted by atomic mass is 15.4. The average molecular weight is 451 g/mol. The third kappa shape index (κ3) is 9.65. The summed E-state index contributed by atoms with van der Waals surface area (Å²) in [6.45, 7) is 21.3. The van der Waals surface area contributed by atoms with Crippen molar-refractivity contribution in [3.8, 4) is 0 Å². The molecule has 2 saturated heterocycles. The summed E-state index contributed by atoms with van der Waals surface area (Å²) in [4.78, 5) is 0. The Morgan fingerprint density at radius 1 is 0.438 bits per heavy atom. The molecule has 0 saturated carbocycles. The van der Waals surface area contributed by atoms with E-state index in [1.54, 1.807) is 0 Å². The SMILES string of the molecule is CCCC[N+]1(CCCC)CCC(CCCCC2CC[N+](CCCC)(CCCC)CC2)CC1. The van der Waals surface area contributed by atoms with Crippen LogP contribution in [0.25, 0.3) is 0 Å². The van der Waals surface area contributed by atoms with Crippen LogP contribution >= 0.6 is 0 Å². The van der Waals surface area contributed by atoms with E-state index in [9.17, 15) is 0 Å². The number of hydrogen-bond donors (Lipinski definition) is 0. The van der Waals surface area contributed by atoms with Crippen LogP contribution in [0.1, 0.15) is 130 Å². The Kier molecular flexibility index (Phi) is 13.9. The van der Waals surface area contributed by atoms with Crippen molar-refractivity contribution < 1.29 is 8.97 Å². The quantitative estimate of drug-likeness (QED) is 0.155. The first kappa shape index (κ1) is 28.2. The van der Waals surface area contributed by atoms with E-state index < -0.39 is 0 Å². The molecule has 2 fully saturated rings. The third-order valence-electron chi connectivity index (χ3n) is 9.47. The summed E-state index contributed by atoms with van der Waals surface area (Å²) in [5.41, 5.74) is 0. The predicted molar refractivity (Wildman–Crippen MR) is 143 cm³/mol. The van der Waals surface area contributed by atoms with E-state index in [2.05, 4.69) is 27.7 Å². The Bertz CT molecular complexity index is 382. The molecule has 190 valence electrons. The number of likely N-dealkylation sites (tertiary alicyclic amines) is 2. The van der Waals surface area contributed by atoms with E-state index in [0.717, 1.165) is 11.8 Å². The number of piperidine rings is 2. The molecule has 2 aliphatic heterocycles. The Morgan fingerprint density at radius 3 is 0.969 bits per heavy atom. The number of rotatable bonds is 17. The monoisotopic (exact) mass is 450 g/mol. The first-order valence-electron chi connectivity index (χ1n) is 15.3. The van der Waals surface area contributed by atoms with Gasteiger partial charge in [-0.15, -0.1) is 0 Å². The molecule has 0 aromatic heterocycles. The smallest absolute Gasteiger partial charge is 0.0789 e. The lowest BCUT2D eigenvalue weighted by Gasteiger charge is -2.44. The van der Waals surface area contributed by atoms with Crippen molar-refractivity contribution in [2.24, 2.45) is 11.8 Å². The van der Waals surface area contributed by atoms with E-state index in [-0.39, 0.29) is 0 Å². The van der Waals surface area contributed by atoms with Gasteiger partial charge in [-0.1, -0.05) is 79.1 Å². The van der Waals surface area contributed by atoms with Crippen LogP contribution < -0.4 is 0 Å². The molecule has 2 aliphatic rings. The van der Waals surface area contributed by atoms with Crippen LogP contribution in [0.4, 0.5) is 0 Å². The summed E-state index contributed by atoms with van der Waals surface area (Å²) in [5, 5.41) is 0. The second-order valence-corrected chi connectivity index (χ2v) is 12.1. The lowest BCUT2D eigenvalue weighted by Crippen LogP contribution is -2.54. The molecule has 0 atom stereocenters. The molecule has 0 radical (unpaired) electrons. The molecule has 32 heavy (non-hydrogen) atoms. The summed E-state index contributed by atoms with van der Waals surface area (Å²) in [5.74, 6) is 2.09. The van der Waals surface area contributed by atoms with Gasteiger partial charge in [0.05, 0.1) is 52.4 Å². The minimum atomic E-state index is 1.04. The van der Waals surface area contributed by atoms with Gasteiger partial charge in [0.2, 0.25) is 0 Å². The summed E-state index contributed by atoms with van der Waals surface area (Å²) in [6.07, 6.45) is 23.4. The van der Waals surface area contributed by atoms with Gasteiger partial charge in [-0.25, -0.2) is 0 Å². The van der Waals surface area contributed by atoms with E-state index in [1.807, 2.05) is 0 Å². The van der Waals surface area contributed by atoms with Crippen LogP contribution in [0.5, 0.6) is 0 Å². The van der Waals surface area contributed by atoms with Crippen molar-refractivity contribution >= 4 is 0 Å². The van der Waals surface area contributed by atoms with Gasteiger partial charge < -0.3 is 8.97 Å². The molecular weight excluding hydrogens is 388 g/mol. The van der Waals surface area contributed by atoms with Gasteiger partial charge in [-0.05, 0) is 63.2 Å². The zero-order valence-corrected chi connectivity index (χ0v) is 23.0. The Balaban J connectivity index is 1.63. The predicted octanol–water partition coefficient (Wildman–Crippen LogP) is 8.20. The largest absolute Gasteiger partial charge is 0.324 e. The van der Waals surface area contributed by atoms with Gasteiger partial charge in [-0.2, -0.15) is 0 Å². The maximum atomic E-state index is 2.37. The molecule has 2 nitrogen and oxygen atoms in total. The zero-order chi connectivity index (χ0) is 23.1. The van der Waals surface area contributed by atoms with E-state index in [4.69, 9.17) is 0 Å². The molecule has 0 spiro atoms. The molecule has 2 rings (SSSR count). The average Bonchev–Trinajstić information content (AvgIpc) is 2.84. The lowest BCUT2D eigenvalue weighted by atomic mass is 9.86. The number of quaternary nitrogens is 2. The summed E-state index contributed by atoms with van der Waals surface area (Å²) < 4.78 is 2.94. The summed E-state index contributed by atoms with van der Waals surface area (Å²) in [6, 6.07) is 0. The molecule has 0 bridgehead atoms. The summed E-state index contributed by atoms with van der Waals surface area (Å²) >= 11 is 0. The minimum absolute atomic E-state index is 1.04. The normalized spacial score (nSPS) is 21.8. The number of hydrogen-bond acceptors (Lipinski definition) is 0. The molecular formula is C30H62N2+2. The molecule has 2 heterocycles. The van der Waals surface area contributed by atoms with Crippen molar-refractivity contribution in [2.75, 3.05) is 52.4 Å². The number of unbranched alkanes of at least 4 members (excludes halogenated alkanes) is 5.